The van der Waals surface area contributed by atoms with Gasteiger partial charge in [-0.1, -0.05) is 11.6 Å². The first kappa shape index (κ1) is 25.5. The molecule has 1 aliphatic heterocycles. The molecule has 0 bridgehead atoms. The monoisotopic (exact) mass is 517 g/mol. The Bertz CT molecular complexity index is 1320. The van der Waals surface area contributed by atoms with Gasteiger partial charge in [0.1, 0.15) is 0 Å². The van der Waals surface area contributed by atoms with E-state index >= 15 is 0 Å². The number of amides is 2. The van der Waals surface area contributed by atoms with Crippen LogP contribution in [-0.2, 0) is 7.05 Å². The van der Waals surface area contributed by atoms with Crippen LogP contribution in [-0.4, -0.2) is 64.5 Å². The van der Waals surface area contributed by atoms with Gasteiger partial charge in [-0.05, 0) is 37.1 Å². The van der Waals surface area contributed by atoms with Crippen LogP contribution in [0.2, 0.25) is 5.02 Å². The molecule has 4 rings (SSSR count). The molecule has 1 fully saturated rings. The molecule has 9 nitrogen and oxygen atoms in total. The first-order valence-corrected chi connectivity index (χ1v) is 11.7. The number of nitrogens with zero attached hydrogens (tertiary/aromatic N) is 5. The first-order chi connectivity index (χ1) is 17.1. The topological polar surface area (TPSA) is 109 Å². The van der Waals surface area contributed by atoms with Gasteiger partial charge in [-0.15, -0.1) is 0 Å². The van der Waals surface area contributed by atoms with Crippen LogP contribution >= 0.6 is 11.6 Å². The van der Waals surface area contributed by atoms with E-state index < -0.39 is 17.7 Å². The Hall–Kier alpha value is -3.57. The fraction of sp³-hybridized carbons (Fsp3) is 0.333. The molecular weight excluding hydrogens is 492 g/mol. The van der Waals surface area contributed by atoms with Crippen LogP contribution in [0.3, 0.4) is 0 Å². The van der Waals surface area contributed by atoms with Gasteiger partial charge in [-0.3, -0.25) is 9.59 Å². The SMILES string of the molecule is CN(C)c1nc(F)c(-c2cnc(C(=O)Nc3ccc(C(=O)N4CCC(N)CC4)c(Cl)c3)n2C)cc1F. The van der Waals surface area contributed by atoms with Gasteiger partial charge in [0.25, 0.3) is 11.8 Å². The van der Waals surface area contributed by atoms with Crippen molar-refractivity contribution in [3.05, 3.63) is 58.6 Å². The number of likely N-dealkylation sites (tertiary alicyclic amines) is 1. The summed E-state index contributed by atoms with van der Waals surface area (Å²) in [5.74, 6) is -2.57. The molecule has 3 heterocycles. The number of carbonyl (C=O) groups is 2. The molecule has 0 spiro atoms. The van der Waals surface area contributed by atoms with Crippen molar-refractivity contribution >= 4 is 34.9 Å². The minimum atomic E-state index is -0.891. The average molecular weight is 518 g/mol. The summed E-state index contributed by atoms with van der Waals surface area (Å²) >= 11 is 6.35. The summed E-state index contributed by atoms with van der Waals surface area (Å²) in [4.78, 5) is 36.5. The minimum Gasteiger partial charge on any atom is -0.360 e. The Morgan fingerprint density at radius 1 is 1.19 bits per heavy atom. The molecule has 12 heteroatoms. The number of pyridine rings is 1. The zero-order valence-corrected chi connectivity index (χ0v) is 20.8. The summed E-state index contributed by atoms with van der Waals surface area (Å²) in [6.07, 6.45) is 2.73. The van der Waals surface area contributed by atoms with E-state index in [2.05, 4.69) is 15.3 Å². The van der Waals surface area contributed by atoms with E-state index in [1.807, 2.05) is 0 Å². The molecule has 0 unspecified atom stereocenters. The Balaban J connectivity index is 1.51. The van der Waals surface area contributed by atoms with Gasteiger partial charge < -0.3 is 25.4 Å². The molecule has 3 N–H and O–H groups in total. The van der Waals surface area contributed by atoms with Crippen molar-refractivity contribution in [2.75, 3.05) is 37.4 Å². The van der Waals surface area contributed by atoms with E-state index in [0.717, 1.165) is 18.9 Å². The molecule has 0 saturated carbocycles. The Kier molecular flexibility index (Phi) is 7.23. The number of hydrogen-bond donors (Lipinski definition) is 2. The molecule has 36 heavy (non-hydrogen) atoms. The second kappa shape index (κ2) is 10.2. The highest BCUT2D eigenvalue weighted by Crippen LogP contribution is 2.28. The molecule has 1 aliphatic rings. The van der Waals surface area contributed by atoms with E-state index in [-0.39, 0.29) is 39.9 Å². The summed E-state index contributed by atoms with van der Waals surface area (Å²) < 4.78 is 30.3. The van der Waals surface area contributed by atoms with Crippen LogP contribution in [0.25, 0.3) is 11.3 Å². The van der Waals surface area contributed by atoms with Crippen LogP contribution in [0.5, 0.6) is 0 Å². The number of hydrogen-bond acceptors (Lipinski definition) is 6. The maximum atomic E-state index is 14.6. The van der Waals surface area contributed by atoms with E-state index in [1.54, 1.807) is 31.1 Å². The molecule has 2 aromatic heterocycles. The molecule has 0 radical (unpaired) electrons. The van der Waals surface area contributed by atoms with Gasteiger partial charge in [0, 0.05) is 46.0 Å². The summed E-state index contributed by atoms with van der Waals surface area (Å²) in [6.45, 7) is 1.13. The molecule has 0 atom stereocenters. The third-order valence-electron chi connectivity index (χ3n) is 6.09. The van der Waals surface area contributed by atoms with Crippen molar-refractivity contribution in [2.24, 2.45) is 12.8 Å². The number of halogens is 3. The summed E-state index contributed by atoms with van der Waals surface area (Å²) in [7, 11) is 4.61. The highest BCUT2D eigenvalue weighted by atomic mass is 35.5. The zero-order valence-electron chi connectivity index (χ0n) is 20.1. The molecule has 0 aliphatic carbocycles. The molecule has 2 amide bonds. The van der Waals surface area contributed by atoms with Crippen LogP contribution in [0.4, 0.5) is 20.3 Å². The van der Waals surface area contributed by atoms with Crippen LogP contribution < -0.4 is 16.0 Å². The van der Waals surface area contributed by atoms with Crippen molar-refractivity contribution in [1.29, 1.82) is 0 Å². The number of aromatic nitrogens is 3. The maximum absolute atomic E-state index is 14.6. The van der Waals surface area contributed by atoms with Gasteiger partial charge in [0.15, 0.2) is 17.5 Å². The van der Waals surface area contributed by atoms with Gasteiger partial charge in [0.05, 0.1) is 28.0 Å². The first-order valence-electron chi connectivity index (χ1n) is 11.3. The largest absolute Gasteiger partial charge is 0.360 e. The minimum absolute atomic E-state index is 0.0394. The molecular formula is C24H26ClF2N7O2. The number of piperidine rings is 1. The number of imidazole rings is 1. The quantitative estimate of drug-likeness (QED) is 0.503. The summed E-state index contributed by atoms with van der Waals surface area (Å²) in [5.41, 5.74) is 6.63. The maximum Gasteiger partial charge on any atom is 0.291 e. The van der Waals surface area contributed by atoms with Crippen LogP contribution in [0.15, 0.2) is 30.5 Å². The van der Waals surface area contributed by atoms with Crippen molar-refractivity contribution in [1.82, 2.24) is 19.4 Å². The standard InChI is InChI=1S/C24H26ClF2N7O2/c1-32(2)21-18(26)11-16(20(27)31-21)19-12-29-22(33(19)3)23(35)30-14-4-5-15(17(25)10-14)24(36)34-8-6-13(28)7-9-34/h4-5,10-13H,6-9,28H2,1-3H3,(H,30,35). The lowest BCUT2D eigenvalue weighted by molar-refractivity contribution is 0.0715. The van der Waals surface area contributed by atoms with E-state index in [1.165, 1.54) is 28.8 Å². The summed E-state index contributed by atoms with van der Waals surface area (Å²) in [5, 5.41) is 2.86. The zero-order chi connectivity index (χ0) is 26.1. The lowest BCUT2D eigenvalue weighted by Gasteiger charge is -2.30. The highest BCUT2D eigenvalue weighted by Gasteiger charge is 2.24. The van der Waals surface area contributed by atoms with E-state index in [9.17, 15) is 18.4 Å². The predicted molar refractivity (Wildman–Crippen MR) is 133 cm³/mol. The molecule has 1 saturated heterocycles. The lowest BCUT2D eigenvalue weighted by Crippen LogP contribution is -2.42. The predicted octanol–water partition coefficient (Wildman–Crippen LogP) is 3.30. The Labute approximate surface area is 211 Å². The number of rotatable bonds is 5. The third-order valence-corrected chi connectivity index (χ3v) is 6.40. The number of nitrogens with one attached hydrogen (secondary N) is 1. The van der Waals surface area contributed by atoms with Gasteiger partial charge in [-0.25, -0.2) is 9.37 Å². The summed E-state index contributed by atoms with van der Waals surface area (Å²) in [6, 6.07) is 5.70. The van der Waals surface area contributed by atoms with Crippen LogP contribution in [0, 0.1) is 11.8 Å². The fourth-order valence-corrected chi connectivity index (χ4v) is 4.31. The molecule has 3 aromatic rings. The highest BCUT2D eigenvalue weighted by molar-refractivity contribution is 6.34. The third kappa shape index (κ3) is 5.02. The van der Waals surface area contributed by atoms with Gasteiger partial charge in [-0.2, -0.15) is 9.37 Å². The number of anilines is 2. The molecule has 1 aromatic carbocycles. The van der Waals surface area contributed by atoms with Crippen molar-refractivity contribution in [3.63, 3.8) is 0 Å². The fourth-order valence-electron chi connectivity index (χ4n) is 4.05. The Morgan fingerprint density at radius 2 is 1.89 bits per heavy atom. The second-order valence-electron chi connectivity index (χ2n) is 8.83. The van der Waals surface area contributed by atoms with E-state index in [0.29, 0.717) is 24.3 Å². The Morgan fingerprint density at radius 3 is 2.53 bits per heavy atom. The van der Waals surface area contributed by atoms with Crippen molar-refractivity contribution in [2.45, 2.75) is 18.9 Å². The van der Waals surface area contributed by atoms with Crippen LogP contribution in [0.1, 0.15) is 33.8 Å². The molecule has 190 valence electrons. The van der Waals surface area contributed by atoms with E-state index in [4.69, 9.17) is 17.3 Å². The number of carbonyl (C=O) groups excluding carboxylic acids is 2. The smallest absolute Gasteiger partial charge is 0.291 e. The van der Waals surface area contributed by atoms with Gasteiger partial charge >= 0.3 is 0 Å². The normalized spacial score (nSPS) is 14.1. The second-order valence-corrected chi connectivity index (χ2v) is 9.24. The van der Waals surface area contributed by atoms with Crippen molar-refractivity contribution < 1.29 is 18.4 Å². The van der Waals surface area contributed by atoms with Crippen molar-refractivity contribution in [3.8, 4) is 11.3 Å². The number of benzene rings is 1. The number of nitrogens with two attached hydrogens (primary N) is 1. The lowest BCUT2D eigenvalue weighted by atomic mass is 10.0. The van der Waals surface area contributed by atoms with Gasteiger partial charge in [0.2, 0.25) is 5.95 Å². The average Bonchev–Trinajstić information content (AvgIpc) is 3.21.